The lowest BCUT2D eigenvalue weighted by molar-refractivity contribution is 0.543. The lowest BCUT2D eigenvalue weighted by Crippen LogP contribution is -2.06. The summed E-state index contributed by atoms with van der Waals surface area (Å²) in [7, 11) is -2.75. The topological polar surface area (TPSA) is 34.1 Å². The Bertz CT molecular complexity index is 795. The molecule has 110 valence electrons. The van der Waals surface area contributed by atoms with Gasteiger partial charge in [0.15, 0.2) is 9.84 Å². The predicted molar refractivity (Wildman–Crippen MR) is 86.4 cm³/mol. The zero-order valence-corrected chi connectivity index (χ0v) is 13.0. The molecule has 0 spiro atoms. The largest absolute Gasteiger partial charge is 0.229 e. The Hall–Kier alpha value is -1.35. The molecular formula is C18H20O2S. The van der Waals surface area contributed by atoms with Gasteiger partial charge in [-0.15, -0.1) is 0 Å². The Morgan fingerprint density at radius 3 is 2.62 bits per heavy atom. The van der Waals surface area contributed by atoms with Gasteiger partial charge in [0, 0.05) is 0 Å². The van der Waals surface area contributed by atoms with Gasteiger partial charge < -0.3 is 0 Å². The third-order valence-corrected chi connectivity index (χ3v) is 6.95. The number of hydrogen-bond donors (Lipinski definition) is 0. The van der Waals surface area contributed by atoms with Gasteiger partial charge in [0.2, 0.25) is 0 Å². The molecule has 0 radical (unpaired) electrons. The van der Waals surface area contributed by atoms with E-state index in [0.29, 0.717) is 17.4 Å². The quantitative estimate of drug-likeness (QED) is 0.871. The molecule has 0 saturated carbocycles. The second kappa shape index (κ2) is 4.84. The Balaban J connectivity index is 1.61. The first kappa shape index (κ1) is 13.3. The molecule has 1 heterocycles. The maximum atomic E-state index is 11.6. The molecule has 1 aliphatic carbocycles. The molecule has 0 amide bonds. The summed E-state index contributed by atoms with van der Waals surface area (Å²) in [5.41, 5.74) is 4.35. The Kier molecular flexibility index (Phi) is 3.07. The maximum absolute atomic E-state index is 11.6. The van der Waals surface area contributed by atoms with E-state index in [1.54, 1.807) is 0 Å². The van der Waals surface area contributed by atoms with Crippen molar-refractivity contribution in [3.8, 4) is 0 Å². The van der Waals surface area contributed by atoms with Gasteiger partial charge in [-0.1, -0.05) is 30.3 Å². The van der Waals surface area contributed by atoms with Crippen LogP contribution >= 0.6 is 0 Å². The van der Waals surface area contributed by atoms with Crippen molar-refractivity contribution >= 4 is 20.6 Å². The molecular weight excluding hydrogens is 280 g/mol. The van der Waals surface area contributed by atoms with Crippen molar-refractivity contribution in [3.63, 3.8) is 0 Å². The molecule has 0 bridgehead atoms. The summed E-state index contributed by atoms with van der Waals surface area (Å²) >= 11 is 0. The van der Waals surface area contributed by atoms with Crippen molar-refractivity contribution in [2.24, 2.45) is 5.92 Å². The number of hydrogen-bond acceptors (Lipinski definition) is 2. The summed E-state index contributed by atoms with van der Waals surface area (Å²) < 4.78 is 23.1. The second-order valence-electron chi connectivity index (χ2n) is 6.53. The van der Waals surface area contributed by atoms with Crippen LogP contribution in [0, 0.1) is 5.92 Å². The molecule has 1 fully saturated rings. The first-order chi connectivity index (χ1) is 10.1. The van der Waals surface area contributed by atoms with Crippen LogP contribution < -0.4 is 0 Å². The highest BCUT2D eigenvalue weighted by Crippen LogP contribution is 2.34. The molecule has 4 rings (SSSR count). The Morgan fingerprint density at radius 2 is 1.86 bits per heavy atom. The van der Waals surface area contributed by atoms with E-state index in [0.717, 1.165) is 32.1 Å². The number of benzene rings is 2. The van der Waals surface area contributed by atoms with Gasteiger partial charge in [-0.2, -0.15) is 0 Å². The summed E-state index contributed by atoms with van der Waals surface area (Å²) in [6.45, 7) is 0. The van der Waals surface area contributed by atoms with E-state index in [-0.39, 0.29) is 0 Å². The zero-order valence-electron chi connectivity index (χ0n) is 12.1. The molecule has 2 aromatic rings. The smallest absolute Gasteiger partial charge is 0.150 e. The van der Waals surface area contributed by atoms with Gasteiger partial charge in [0.25, 0.3) is 0 Å². The van der Waals surface area contributed by atoms with Gasteiger partial charge in [-0.3, -0.25) is 0 Å². The third kappa shape index (κ3) is 2.38. The number of sulfone groups is 1. The SMILES string of the molecule is O=S1(=O)CC[C@@H](CCc2ccc3c4c(cccc24)CC3)C1. The molecule has 2 aromatic carbocycles. The van der Waals surface area contributed by atoms with Crippen LogP contribution in [0.4, 0.5) is 0 Å². The lowest BCUT2D eigenvalue weighted by atomic mass is 9.94. The van der Waals surface area contributed by atoms with E-state index < -0.39 is 9.84 Å². The summed E-state index contributed by atoms with van der Waals surface area (Å²) in [6, 6.07) is 11.2. The van der Waals surface area contributed by atoms with Crippen LogP contribution in [0.5, 0.6) is 0 Å². The Labute approximate surface area is 126 Å². The molecule has 0 N–H and O–H groups in total. The highest BCUT2D eigenvalue weighted by Gasteiger charge is 2.27. The second-order valence-corrected chi connectivity index (χ2v) is 8.76. The highest BCUT2D eigenvalue weighted by molar-refractivity contribution is 7.91. The highest BCUT2D eigenvalue weighted by atomic mass is 32.2. The standard InChI is InChI=1S/C18H20O2S/c19-21(20)11-10-13(12-21)4-5-14-6-7-16-9-8-15-2-1-3-17(14)18(15)16/h1-3,6-7,13H,4-5,8-12H2/t13-/m1/s1. The van der Waals surface area contributed by atoms with Gasteiger partial charge in [-0.05, 0) is 65.5 Å². The van der Waals surface area contributed by atoms with Gasteiger partial charge in [0.1, 0.15) is 0 Å². The van der Waals surface area contributed by atoms with E-state index >= 15 is 0 Å². The van der Waals surface area contributed by atoms with E-state index in [1.807, 2.05) is 0 Å². The first-order valence-corrected chi connectivity index (χ1v) is 9.67. The number of aryl methyl sites for hydroxylation is 3. The van der Waals surface area contributed by atoms with Crippen LogP contribution in [0.1, 0.15) is 29.5 Å². The molecule has 0 unspecified atom stereocenters. The van der Waals surface area contributed by atoms with E-state index in [4.69, 9.17) is 0 Å². The summed E-state index contributed by atoms with van der Waals surface area (Å²) in [6.07, 6.45) is 5.18. The Morgan fingerprint density at radius 1 is 1.05 bits per heavy atom. The van der Waals surface area contributed by atoms with Crippen molar-refractivity contribution < 1.29 is 8.42 Å². The van der Waals surface area contributed by atoms with Crippen LogP contribution in [0.2, 0.25) is 0 Å². The van der Waals surface area contributed by atoms with Crippen LogP contribution in [0.15, 0.2) is 30.3 Å². The fraction of sp³-hybridized carbons (Fsp3) is 0.444. The van der Waals surface area contributed by atoms with E-state index in [9.17, 15) is 8.42 Å². The predicted octanol–water partition coefficient (Wildman–Crippen LogP) is 3.31. The van der Waals surface area contributed by atoms with Crippen molar-refractivity contribution in [3.05, 3.63) is 47.0 Å². The first-order valence-electron chi connectivity index (χ1n) is 7.85. The average molecular weight is 300 g/mol. The van der Waals surface area contributed by atoms with Crippen molar-refractivity contribution in [2.75, 3.05) is 11.5 Å². The molecule has 1 aliphatic heterocycles. The minimum atomic E-state index is -2.75. The van der Waals surface area contributed by atoms with Gasteiger partial charge in [0.05, 0.1) is 11.5 Å². The fourth-order valence-electron chi connectivity index (χ4n) is 3.98. The lowest BCUT2D eigenvalue weighted by Gasteiger charge is -2.11. The minimum absolute atomic E-state index is 0.359. The minimum Gasteiger partial charge on any atom is -0.229 e. The summed E-state index contributed by atoms with van der Waals surface area (Å²) in [4.78, 5) is 0. The van der Waals surface area contributed by atoms with Crippen molar-refractivity contribution in [2.45, 2.75) is 32.1 Å². The maximum Gasteiger partial charge on any atom is 0.150 e. The third-order valence-electron chi connectivity index (χ3n) is 5.12. The van der Waals surface area contributed by atoms with Crippen LogP contribution in [0.3, 0.4) is 0 Å². The molecule has 21 heavy (non-hydrogen) atoms. The van der Waals surface area contributed by atoms with Crippen LogP contribution in [0.25, 0.3) is 10.8 Å². The molecule has 2 nitrogen and oxygen atoms in total. The zero-order chi connectivity index (χ0) is 14.4. The van der Waals surface area contributed by atoms with Crippen molar-refractivity contribution in [1.29, 1.82) is 0 Å². The molecule has 0 aromatic heterocycles. The average Bonchev–Trinajstić information content (AvgIpc) is 3.03. The van der Waals surface area contributed by atoms with Gasteiger partial charge >= 0.3 is 0 Å². The molecule has 2 aliphatic rings. The molecule has 1 atom stereocenters. The number of rotatable bonds is 3. The normalized spacial score (nSPS) is 23.0. The summed E-state index contributed by atoms with van der Waals surface area (Å²) in [5.74, 6) is 1.15. The molecule has 3 heteroatoms. The summed E-state index contributed by atoms with van der Waals surface area (Å²) in [5, 5.41) is 2.86. The van der Waals surface area contributed by atoms with Crippen LogP contribution in [-0.2, 0) is 29.1 Å². The van der Waals surface area contributed by atoms with E-state index in [2.05, 4.69) is 30.3 Å². The fourth-order valence-corrected chi connectivity index (χ4v) is 5.90. The monoisotopic (exact) mass is 300 g/mol. The van der Waals surface area contributed by atoms with Crippen LogP contribution in [-0.4, -0.2) is 19.9 Å². The van der Waals surface area contributed by atoms with Crippen molar-refractivity contribution in [1.82, 2.24) is 0 Å². The molecule has 1 saturated heterocycles. The van der Waals surface area contributed by atoms with E-state index in [1.165, 1.54) is 27.5 Å². The van der Waals surface area contributed by atoms with Gasteiger partial charge in [-0.25, -0.2) is 8.42 Å².